The molecule has 0 aliphatic carbocycles. The highest BCUT2D eigenvalue weighted by Crippen LogP contribution is 2.26. The molecule has 2 aliphatic heterocycles. The predicted molar refractivity (Wildman–Crippen MR) is 123 cm³/mol. The van der Waals surface area contributed by atoms with E-state index in [4.69, 9.17) is 0 Å². The van der Waals surface area contributed by atoms with Gasteiger partial charge in [-0.15, -0.1) is 10.2 Å². The first-order valence-electron chi connectivity index (χ1n) is 10.9. The molecule has 2 atom stereocenters. The largest absolute Gasteiger partial charge is 0.477 e. The van der Waals surface area contributed by atoms with E-state index in [0.717, 1.165) is 18.9 Å². The van der Waals surface area contributed by atoms with Crippen LogP contribution in [-0.4, -0.2) is 61.0 Å². The summed E-state index contributed by atoms with van der Waals surface area (Å²) >= 11 is 0. The summed E-state index contributed by atoms with van der Waals surface area (Å²) in [6, 6.07) is 15.7. The predicted octanol–water partition coefficient (Wildman–Crippen LogP) is 2.59. The standard InChI is InChI=1S/C23H22N8O2/c32-22(33)18-10-14-11-24-23(27-21(14)31(18)17-4-2-1-3-5-17)26-19-8-9-20(29-28-19)30-12-15-6-7-16(13-30)25-15/h1-5,8-11,15-16,25H,6-7,12-13H2,(H,32,33)(H,24,26,27,28). The molecule has 10 heteroatoms. The third-order valence-electron chi connectivity index (χ3n) is 6.21. The highest BCUT2D eigenvalue weighted by molar-refractivity contribution is 5.94. The van der Waals surface area contributed by atoms with Crippen molar-refractivity contribution < 1.29 is 9.90 Å². The molecular formula is C23H22N8O2. The van der Waals surface area contributed by atoms with E-state index in [1.54, 1.807) is 16.8 Å². The van der Waals surface area contributed by atoms with Crippen molar-refractivity contribution in [3.8, 4) is 5.69 Å². The number of nitrogens with one attached hydrogen (secondary N) is 2. The molecule has 6 rings (SSSR count). The van der Waals surface area contributed by atoms with Crippen LogP contribution < -0.4 is 15.5 Å². The van der Waals surface area contributed by atoms with Crippen LogP contribution in [0.3, 0.4) is 0 Å². The number of hydrogen-bond acceptors (Lipinski definition) is 8. The number of nitrogens with zero attached hydrogens (tertiary/aromatic N) is 6. The molecule has 3 aromatic heterocycles. The normalized spacial score (nSPS) is 19.7. The van der Waals surface area contributed by atoms with Crippen LogP contribution in [0.4, 0.5) is 17.6 Å². The fourth-order valence-electron chi connectivity index (χ4n) is 4.70. The second kappa shape index (κ2) is 7.82. The van der Waals surface area contributed by atoms with Crippen LogP contribution in [0.5, 0.6) is 0 Å². The Morgan fingerprint density at radius 1 is 1.06 bits per heavy atom. The number of benzene rings is 1. The summed E-state index contributed by atoms with van der Waals surface area (Å²) in [4.78, 5) is 23.0. The Hall–Kier alpha value is -4.05. The number of aromatic nitrogens is 5. The van der Waals surface area contributed by atoms with Gasteiger partial charge in [0.2, 0.25) is 5.95 Å². The summed E-state index contributed by atoms with van der Waals surface area (Å²) in [5.41, 5.74) is 1.33. The number of carbonyl (C=O) groups is 1. The van der Waals surface area contributed by atoms with Crippen molar-refractivity contribution in [1.29, 1.82) is 0 Å². The quantitative estimate of drug-likeness (QED) is 0.428. The molecule has 2 unspecified atom stereocenters. The topological polar surface area (TPSA) is 121 Å². The summed E-state index contributed by atoms with van der Waals surface area (Å²) < 4.78 is 1.61. The van der Waals surface area contributed by atoms with Gasteiger partial charge < -0.3 is 20.6 Å². The lowest BCUT2D eigenvalue weighted by Gasteiger charge is -2.33. The zero-order chi connectivity index (χ0) is 22.4. The summed E-state index contributed by atoms with van der Waals surface area (Å²) in [5, 5.41) is 25.7. The van der Waals surface area contributed by atoms with E-state index in [9.17, 15) is 9.90 Å². The number of para-hydroxylation sites is 1. The maximum absolute atomic E-state index is 11.8. The Morgan fingerprint density at radius 2 is 1.85 bits per heavy atom. The third kappa shape index (κ3) is 3.64. The Kier molecular flexibility index (Phi) is 4.65. The molecule has 0 spiro atoms. The molecule has 0 saturated carbocycles. The van der Waals surface area contributed by atoms with Crippen molar-refractivity contribution in [2.75, 3.05) is 23.3 Å². The molecule has 2 aliphatic rings. The van der Waals surface area contributed by atoms with Gasteiger partial charge in [0.15, 0.2) is 17.3 Å². The van der Waals surface area contributed by atoms with Gasteiger partial charge in [0.1, 0.15) is 5.69 Å². The molecule has 4 aromatic rings. The fraction of sp³-hybridized carbons (Fsp3) is 0.261. The van der Waals surface area contributed by atoms with Crippen LogP contribution >= 0.6 is 0 Å². The second-order valence-corrected chi connectivity index (χ2v) is 8.42. The Morgan fingerprint density at radius 3 is 2.55 bits per heavy atom. The Balaban J connectivity index is 1.28. The Bertz CT molecular complexity index is 1310. The Labute approximate surface area is 189 Å². The molecule has 5 heterocycles. The lowest BCUT2D eigenvalue weighted by atomic mass is 10.2. The number of carboxylic acids is 1. The van der Waals surface area contributed by atoms with Crippen molar-refractivity contribution in [3.63, 3.8) is 0 Å². The van der Waals surface area contributed by atoms with E-state index < -0.39 is 5.97 Å². The summed E-state index contributed by atoms with van der Waals surface area (Å²) in [5.74, 6) is 0.665. The zero-order valence-corrected chi connectivity index (χ0v) is 17.7. The molecule has 2 saturated heterocycles. The molecule has 3 N–H and O–H groups in total. The zero-order valence-electron chi connectivity index (χ0n) is 17.7. The van der Waals surface area contributed by atoms with E-state index >= 15 is 0 Å². The highest BCUT2D eigenvalue weighted by atomic mass is 16.4. The number of aromatic carboxylic acids is 1. The van der Waals surface area contributed by atoms with E-state index in [0.29, 0.717) is 40.6 Å². The number of rotatable bonds is 5. The second-order valence-electron chi connectivity index (χ2n) is 8.42. The maximum atomic E-state index is 11.8. The van der Waals surface area contributed by atoms with Gasteiger partial charge in [0.25, 0.3) is 0 Å². The van der Waals surface area contributed by atoms with Crippen LogP contribution in [0, 0.1) is 0 Å². The third-order valence-corrected chi connectivity index (χ3v) is 6.21. The molecular weight excluding hydrogens is 420 g/mol. The summed E-state index contributed by atoms with van der Waals surface area (Å²) in [6.45, 7) is 1.89. The smallest absolute Gasteiger partial charge is 0.352 e. The van der Waals surface area contributed by atoms with Gasteiger partial charge in [0, 0.05) is 42.4 Å². The number of anilines is 3. The number of piperazine rings is 1. The SMILES string of the molecule is O=C(O)c1cc2cnc(Nc3ccc(N4CC5CCC(C4)N5)nn3)nc2n1-c1ccccc1. The lowest BCUT2D eigenvalue weighted by Crippen LogP contribution is -2.51. The van der Waals surface area contributed by atoms with Gasteiger partial charge in [0.05, 0.1) is 0 Å². The molecule has 0 amide bonds. The lowest BCUT2D eigenvalue weighted by molar-refractivity contribution is 0.0688. The van der Waals surface area contributed by atoms with E-state index in [1.165, 1.54) is 12.8 Å². The molecule has 0 radical (unpaired) electrons. The van der Waals surface area contributed by atoms with Crippen molar-refractivity contribution in [3.05, 3.63) is 60.4 Å². The van der Waals surface area contributed by atoms with Gasteiger partial charge in [-0.25, -0.2) is 9.78 Å². The molecule has 10 nitrogen and oxygen atoms in total. The van der Waals surface area contributed by atoms with E-state index in [-0.39, 0.29) is 5.69 Å². The molecule has 1 aromatic carbocycles. The monoisotopic (exact) mass is 442 g/mol. The van der Waals surface area contributed by atoms with Gasteiger partial charge in [-0.1, -0.05) is 18.2 Å². The van der Waals surface area contributed by atoms with E-state index in [1.807, 2.05) is 42.5 Å². The van der Waals surface area contributed by atoms with Crippen LogP contribution in [0.25, 0.3) is 16.7 Å². The van der Waals surface area contributed by atoms with E-state index in [2.05, 4.69) is 35.7 Å². The minimum absolute atomic E-state index is 0.122. The van der Waals surface area contributed by atoms with Crippen LogP contribution in [0.15, 0.2) is 54.7 Å². The van der Waals surface area contributed by atoms with Crippen molar-refractivity contribution in [1.82, 2.24) is 30.0 Å². The van der Waals surface area contributed by atoms with Gasteiger partial charge in [-0.2, -0.15) is 4.98 Å². The van der Waals surface area contributed by atoms with Crippen molar-refractivity contribution in [2.45, 2.75) is 24.9 Å². The van der Waals surface area contributed by atoms with Crippen LogP contribution in [0.1, 0.15) is 23.3 Å². The number of carboxylic acid groups (broad SMARTS) is 1. The van der Waals surface area contributed by atoms with Crippen molar-refractivity contribution >= 4 is 34.6 Å². The first kappa shape index (κ1) is 19.6. The molecule has 33 heavy (non-hydrogen) atoms. The van der Waals surface area contributed by atoms with Gasteiger partial charge in [-0.3, -0.25) is 4.57 Å². The average Bonchev–Trinajstić information content (AvgIpc) is 3.39. The first-order valence-corrected chi connectivity index (χ1v) is 10.9. The molecule has 166 valence electrons. The molecule has 2 fully saturated rings. The summed E-state index contributed by atoms with van der Waals surface area (Å²) in [6.07, 6.45) is 4.03. The average molecular weight is 442 g/mol. The van der Waals surface area contributed by atoms with Crippen LogP contribution in [0.2, 0.25) is 0 Å². The highest BCUT2D eigenvalue weighted by Gasteiger charge is 2.32. The van der Waals surface area contributed by atoms with Crippen LogP contribution in [-0.2, 0) is 0 Å². The number of fused-ring (bicyclic) bond motifs is 3. The fourth-order valence-corrected chi connectivity index (χ4v) is 4.70. The first-order chi connectivity index (χ1) is 16.1. The summed E-state index contributed by atoms with van der Waals surface area (Å²) in [7, 11) is 0. The minimum Gasteiger partial charge on any atom is -0.477 e. The molecule has 2 bridgehead atoms. The van der Waals surface area contributed by atoms with Crippen molar-refractivity contribution in [2.24, 2.45) is 0 Å². The minimum atomic E-state index is -1.03. The number of hydrogen-bond donors (Lipinski definition) is 3. The van der Waals surface area contributed by atoms with Gasteiger partial charge in [-0.05, 0) is 43.2 Å². The van der Waals surface area contributed by atoms with Gasteiger partial charge >= 0.3 is 5.97 Å². The maximum Gasteiger partial charge on any atom is 0.352 e.